The lowest BCUT2D eigenvalue weighted by molar-refractivity contribution is -0.116. The van der Waals surface area contributed by atoms with E-state index in [2.05, 4.69) is 34.3 Å². The van der Waals surface area contributed by atoms with Crippen molar-refractivity contribution in [3.63, 3.8) is 0 Å². The maximum absolute atomic E-state index is 11.2. The molecule has 1 N–H and O–H groups in total. The Hall–Kier alpha value is -2.51. The first-order valence-corrected chi connectivity index (χ1v) is 10.7. The largest absolute Gasteiger partial charge is 0.488 e. The maximum Gasteiger partial charge on any atom is 0.236 e. The first kappa shape index (κ1) is 21.2. The van der Waals surface area contributed by atoms with Gasteiger partial charge in [0.15, 0.2) is 5.17 Å². The third-order valence-electron chi connectivity index (χ3n) is 4.37. The van der Waals surface area contributed by atoms with Gasteiger partial charge in [-0.2, -0.15) is 5.10 Å². The highest BCUT2D eigenvalue weighted by Gasteiger charge is 2.16. The van der Waals surface area contributed by atoms with Crippen molar-refractivity contribution in [3.05, 3.63) is 58.6 Å². The van der Waals surface area contributed by atoms with Crippen LogP contribution in [0.25, 0.3) is 0 Å². The van der Waals surface area contributed by atoms with Gasteiger partial charge in [-0.1, -0.05) is 35.5 Å². The second kappa shape index (κ2) is 10.3. The predicted octanol–water partition coefficient (Wildman–Crippen LogP) is 4.32. The summed E-state index contributed by atoms with van der Waals surface area (Å²) in [6, 6.07) is 13.6. The number of ether oxygens (including phenoxy) is 1. The van der Waals surface area contributed by atoms with E-state index in [1.54, 1.807) is 6.21 Å². The molecule has 0 radical (unpaired) electrons. The molecule has 1 heterocycles. The molecule has 29 heavy (non-hydrogen) atoms. The van der Waals surface area contributed by atoms with Crippen LogP contribution in [0.1, 0.15) is 25.0 Å². The SMILES string of the molecule is CCN(CC)c1ccc(/C=N\N=C2/NC(=O)CS2)c(OCc2ccc(Cl)cc2)c1. The van der Waals surface area contributed by atoms with Gasteiger partial charge < -0.3 is 15.0 Å². The zero-order valence-electron chi connectivity index (χ0n) is 16.4. The molecule has 0 unspecified atom stereocenters. The Kier molecular flexibility index (Phi) is 7.55. The molecular formula is C21H23ClN4O2S. The summed E-state index contributed by atoms with van der Waals surface area (Å²) in [6.07, 6.45) is 1.64. The number of hydrogen-bond donors (Lipinski definition) is 1. The minimum Gasteiger partial charge on any atom is -0.488 e. The highest BCUT2D eigenvalue weighted by atomic mass is 35.5. The highest BCUT2D eigenvalue weighted by Crippen LogP contribution is 2.26. The number of rotatable bonds is 8. The topological polar surface area (TPSA) is 66.3 Å². The van der Waals surface area contributed by atoms with Crippen LogP contribution in [0.2, 0.25) is 5.02 Å². The van der Waals surface area contributed by atoms with E-state index in [0.29, 0.717) is 22.6 Å². The van der Waals surface area contributed by atoms with Crippen LogP contribution in [-0.2, 0) is 11.4 Å². The number of hydrogen-bond acceptors (Lipinski definition) is 6. The molecule has 3 rings (SSSR count). The number of amides is 1. The molecular weight excluding hydrogens is 408 g/mol. The molecule has 0 aromatic heterocycles. The average molecular weight is 431 g/mol. The Balaban J connectivity index is 1.81. The lowest BCUT2D eigenvalue weighted by atomic mass is 10.1. The van der Waals surface area contributed by atoms with Crippen LogP contribution in [0, 0.1) is 0 Å². The summed E-state index contributed by atoms with van der Waals surface area (Å²) in [5.41, 5.74) is 2.92. The minimum atomic E-state index is -0.0560. The molecule has 152 valence electrons. The number of thioether (sulfide) groups is 1. The molecule has 8 heteroatoms. The molecule has 2 aromatic carbocycles. The normalized spacial score (nSPS) is 15.1. The molecule has 1 aliphatic rings. The van der Waals surface area contributed by atoms with E-state index in [9.17, 15) is 4.79 Å². The summed E-state index contributed by atoms with van der Waals surface area (Å²) in [5.74, 6) is 1.04. The summed E-state index contributed by atoms with van der Waals surface area (Å²) in [6.45, 7) is 6.48. The van der Waals surface area contributed by atoms with Gasteiger partial charge in [-0.3, -0.25) is 4.79 Å². The molecule has 6 nitrogen and oxygen atoms in total. The number of nitrogens with zero attached hydrogens (tertiary/aromatic N) is 3. The Bertz CT molecular complexity index is 911. The quantitative estimate of drug-likeness (QED) is 0.500. The second-order valence-corrected chi connectivity index (χ2v) is 7.70. The Morgan fingerprint density at radius 3 is 2.62 bits per heavy atom. The van der Waals surface area contributed by atoms with Crippen molar-refractivity contribution < 1.29 is 9.53 Å². The van der Waals surface area contributed by atoms with Crippen LogP contribution < -0.4 is 15.0 Å². The lowest BCUT2D eigenvalue weighted by Gasteiger charge is -2.22. The zero-order valence-corrected chi connectivity index (χ0v) is 18.0. The smallest absolute Gasteiger partial charge is 0.236 e. The number of carbonyl (C=O) groups excluding carboxylic acids is 1. The third kappa shape index (κ3) is 5.98. The standard InChI is InChI=1S/C21H23ClN4O2S/c1-3-26(4-2)18-10-7-16(12-23-25-21-24-20(27)14-29-21)19(11-18)28-13-15-5-8-17(22)9-6-15/h5-12H,3-4,13-14H2,1-2H3,(H,24,25,27)/b23-12-. The van der Waals surface area contributed by atoms with E-state index >= 15 is 0 Å². The molecule has 0 atom stereocenters. The zero-order chi connectivity index (χ0) is 20.6. The Morgan fingerprint density at radius 2 is 1.97 bits per heavy atom. The fourth-order valence-electron chi connectivity index (χ4n) is 2.80. The molecule has 0 spiro atoms. The van der Waals surface area contributed by atoms with Gasteiger partial charge >= 0.3 is 0 Å². The van der Waals surface area contributed by atoms with Crippen molar-refractivity contribution in [1.82, 2.24) is 5.32 Å². The minimum absolute atomic E-state index is 0.0560. The lowest BCUT2D eigenvalue weighted by Crippen LogP contribution is -2.21. The summed E-state index contributed by atoms with van der Waals surface area (Å²) < 4.78 is 6.10. The van der Waals surface area contributed by atoms with Crippen LogP contribution in [0.4, 0.5) is 5.69 Å². The number of halogens is 1. The summed E-state index contributed by atoms with van der Waals surface area (Å²) in [4.78, 5) is 13.5. The molecule has 1 aliphatic heterocycles. The van der Waals surface area contributed by atoms with Crippen molar-refractivity contribution in [2.45, 2.75) is 20.5 Å². The van der Waals surface area contributed by atoms with Crippen molar-refractivity contribution >= 4 is 46.3 Å². The van der Waals surface area contributed by atoms with Crippen LogP contribution in [0.5, 0.6) is 5.75 Å². The fraction of sp³-hybridized carbons (Fsp3) is 0.286. The molecule has 0 aliphatic carbocycles. The van der Waals surface area contributed by atoms with Gasteiger partial charge in [-0.25, -0.2) is 0 Å². The van der Waals surface area contributed by atoms with Crippen LogP contribution in [0.3, 0.4) is 0 Å². The molecule has 1 saturated heterocycles. The fourth-order valence-corrected chi connectivity index (χ4v) is 3.56. The number of benzene rings is 2. The number of amidine groups is 1. The van der Waals surface area contributed by atoms with Crippen molar-refractivity contribution in [1.29, 1.82) is 0 Å². The summed E-state index contributed by atoms with van der Waals surface area (Å²) in [5, 5.41) is 12.0. The monoisotopic (exact) mass is 430 g/mol. The Labute approximate surface area is 180 Å². The third-order valence-corrected chi connectivity index (χ3v) is 5.48. The number of anilines is 1. The second-order valence-electron chi connectivity index (χ2n) is 6.30. The van der Waals surface area contributed by atoms with Gasteiger partial charge in [0.05, 0.1) is 12.0 Å². The van der Waals surface area contributed by atoms with Gasteiger partial charge in [0, 0.05) is 35.4 Å². The van der Waals surface area contributed by atoms with Crippen molar-refractivity contribution in [3.8, 4) is 5.75 Å². The van der Waals surface area contributed by atoms with Gasteiger partial charge in [0.1, 0.15) is 12.4 Å². The first-order chi connectivity index (χ1) is 14.1. The van der Waals surface area contributed by atoms with E-state index < -0.39 is 0 Å². The van der Waals surface area contributed by atoms with E-state index in [1.807, 2.05) is 42.5 Å². The van der Waals surface area contributed by atoms with Gasteiger partial charge in [0.25, 0.3) is 0 Å². The van der Waals surface area contributed by atoms with Crippen LogP contribution >= 0.6 is 23.4 Å². The number of carbonyl (C=O) groups is 1. The van der Waals surface area contributed by atoms with Crippen molar-refractivity contribution in [2.75, 3.05) is 23.7 Å². The van der Waals surface area contributed by atoms with E-state index in [0.717, 1.165) is 35.7 Å². The molecule has 1 amide bonds. The molecule has 0 saturated carbocycles. The van der Waals surface area contributed by atoms with Gasteiger partial charge in [-0.05, 0) is 43.7 Å². The summed E-state index contributed by atoms with van der Waals surface area (Å²) >= 11 is 7.30. The average Bonchev–Trinajstić information content (AvgIpc) is 3.14. The van der Waals surface area contributed by atoms with E-state index in [4.69, 9.17) is 16.3 Å². The number of nitrogens with one attached hydrogen (secondary N) is 1. The van der Waals surface area contributed by atoms with Crippen LogP contribution in [-0.4, -0.2) is 36.1 Å². The predicted molar refractivity (Wildman–Crippen MR) is 121 cm³/mol. The van der Waals surface area contributed by atoms with Gasteiger partial charge in [-0.15, -0.1) is 5.10 Å². The maximum atomic E-state index is 11.2. The summed E-state index contributed by atoms with van der Waals surface area (Å²) in [7, 11) is 0. The molecule has 2 aromatic rings. The van der Waals surface area contributed by atoms with E-state index in [1.165, 1.54) is 11.8 Å². The van der Waals surface area contributed by atoms with Gasteiger partial charge in [0.2, 0.25) is 5.91 Å². The first-order valence-electron chi connectivity index (χ1n) is 9.39. The van der Waals surface area contributed by atoms with Crippen LogP contribution in [0.15, 0.2) is 52.7 Å². The van der Waals surface area contributed by atoms with Crippen molar-refractivity contribution in [2.24, 2.45) is 10.2 Å². The van der Waals surface area contributed by atoms with E-state index in [-0.39, 0.29) is 5.91 Å². The molecule has 0 bridgehead atoms. The Morgan fingerprint density at radius 1 is 1.21 bits per heavy atom. The molecule has 1 fully saturated rings. The highest BCUT2D eigenvalue weighted by molar-refractivity contribution is 8.15.